The lowest BCUT2D eigenvalue weighted by Gasteiger charge is -2.15. The summed E-state index contributed by atoms with van der Waals surface area (Å²) in [6.45, 7) is 3.86. The van der Waals surface area contributed by atoms with Crippen molar-refractivity contribution in [2.45, 2.75) is 26.7 Å². The average molecular weight is 472 g/mol. The minimum absolute atomic E-state index is 0.0393. The van der Waals surface area contributed by atoms with Gasteiger partial charge in [-0.1, -0.05) is 32.0 Å². The van der Waals surface area contributed by atoms with Crippen molar-refractivity contribution in [3.63, 3.8) is 0 Å². The predicted molar refractivity (Wildman–Crippen MR) is 134 cm³/mol. The number of nitro benzene ring substituents is 1. The van der Waals surface area contributed by atoms with Crippen molar-refractivity contribution in [2.24, 2.45) is 0 Å². The number of non-ortho nitro benzene ring substituents is 1. The number of amides is 1. The van der Waals surface area contributed by atoms with Gasteiger partial charge < -0.3 is 14.5 Å². The molecule has 0 fully saturated rings. The van der Waals surface area contributed by atoms with Gasteiger partial charge in [-0.3, -0.25) is 14.9 Å². The zero-order chi connectivity index (χ0) is 24.9. The van der Waals surface area contributed by atoms with Crippen LogP contribution in [0.5, 0.6) is 5.75 Å². The van der Waals surface area contributed by atoms with Gasteiger partial charge in [-0.25, -0.2) is 4.79 Å². The van der Waals surface area contributed by atoms with E-state index in [1.807, 2.05) is 32.0 Å². The Morgan fingerprint density at radius 1 is 1.00 bits per heavy atom. The second kappa shape index (κ2) is 10.2. The van der Waals surface area contributed by atoms with E-state index in [0.717, 1.165) is 29.7 Å². The summed E-state index contributed by atoms with van der Waals surface area (Å²) in [4.78, 5) is 35.2. The predicted octanol–water partition coefficient (Wildman–Crippen LogP) is 5.51. The molecule has 0 bridgehead atoms. The molecule has 1 aromatic heterocycles. The number of carbonyl (C=O) groups is 1. The Morgan fingerprint density at radius 2 is 1.69 bits per heavy atom. The van der Waals surface area contributed by atoms with E-state index in [4.69, 9.17) is 9.15 Å². The summed E-state index contributed by atoms with van der Waals surface area (Å²) >= 11 is 0. The van der Waals surface area contributed by atoms with Crippen molar-refractivity contribution in [1.82, 2.24) is 0 Å². The molecular formula is C27H24N2O6. The molecule has 178 valence electrons. The van der Waals surface area contributed by atoms with Crippen LogP contribution in [-0.2, 0) is 17.6 Å². The monoisotopic (exact) mass is 472 g/mol. The minimum atomic E-state index is -0.566. The molecule has 0 spiro atoms. The van der Waals surface area contributed by atoms with E-state index in [0.29, 0.717) is 22.3 Å². The van der Waals surface area contributed by atoms with Crippen LogP contribution in [0.25, 0.3) is 22.1 Å². The summed E-state index contributed by atoms with van der Waals surface area (Å²) in [6.07, 6.45) is 1.59. The van der Waals surface area contributed by atoms with Gasteiger partial charge in [0.05, 0.1) is 4.92 Å². The van der Waals surface area contributed by atoms with E-state index in [2.05, 4.69) is 5.32 Å². The number of ether oxygens (including phenoxy) is 1. The van der Waals surface area contributed by atoms with Gasteiger partial charge in [0.1, 0.15) is 11.3 Å². The minimum Gasteiger partial charge on any atom is -0.484 e. The molecule has 0 saturated heterocycles. The Balaban J connectivity index is 1.54. The first-order chi connectivity index (χ1) is 16.9. The summed E-state index contributed by atoms with van der Waals surface area (Å²) < 4.78 is 11.0. The molecule has 0 saturated carbocycles. The smallest absolute Gasteiger partial charge is 0.336 e. The van der Waals surface area contributed by atoms with Gasteiger partial charge in [0.2, 0.25) is 0 Å². The highest BCUT2D eigenvalue weighted by molar-refractivity contribution is 5.95. The van der Waals surface area contributed by atoms with E-state index >= 15 is 0 Å². The molecule has 0 aliphatic rings. The molecule has 3 aromatic carbocycles. The maximum atomic E-state index is 12.6. The third kappa shape index (κ3) is 5.22. The van der Waals surface area contributed by atoms with Crippen molar-refractivity contribution in [1.29, 1.82) is 0 Å². The Labute approximate surface area is 201 Å². The lowest BCUT2D eigenvalue weighted by atomic mass is 10.0. The zero-order valence-corrected chi connectivity index (χ0v) is 19.4. The second-order valence-corrected chi connectivity index (χ2v) is 7.94. The van der Waals surface area contributed by atoms with Crippen LogP contribution in [0.1, 0.15) is 25.0 Å². The van der Waals surface area contributed by atoms with E-state index < -0.39 is 10.5 Å². The first-order valence-electron chi connectivity index (χ1n) is 11.3. The zero-order valence-electron chi connectivity index (χ0n) is 19.4. The molecule has 35 heavy (non-hydrogen) atoms. The van der Waals surface area contributed by atoms with Crippen molar-refractivity contribution >= 4 is 28.3 Å². The highest BCUT2D eigenvalue weighted by Gasteiger charge is 2.13. The molecule has 0 atom stereocenters. The number of hydrogen-bond donors (Lipinski definition) is 1. The second-order valence-electron chi connectivity index (χ2n) is 7.94. The molecule has 4 aromatic rings. The number of para-hydroxylation sites is 1. The Morgan fingerprint density at radius 3 is 2.31 bits per heavy atom. The molecule has 0 unspecified atom stereocenters. The summed E-state index contributed by atoms with van der Waals surface area (Å²) in [6, 6.07) is 18.2. The quantitative estimate of drug-likeness (QED) is 0.206. The highest BCUT2D eigenvalue weighted by Crippen LogP contribution is 2.31. The van der Waals surface area contributed by atoms with Gasteiger partial charge in [0.25, 0.3) is 11.6 Å². The fourth-order valence-corrected chi connectivity index (χ4v) is 3.96. The number of benzene rings is 3. The van der Waals surface area contributed by atoms with Crippen molar-refractivity contribution in [2.75, 3.05) is 11.9 Å². The topological polar surface area (TPSA) is 112 Å². The lowest BCUT2D eigenvalue weighted by molar-refractivity contribution is -0.384. The number of carbonyl (C=O) groups excluding carboxylic acids is 1. The first kappa shape index (κ1) is 23.7. The lowest BCUT2D eigenvalue weighted by Crippen LogP contribution is -2.21. The Bertz CT molecular complexity index is 1440. The molecule has 0 aliphatic carbocycles. The summed E-state index contributed by atoms with van der Waals surface area (Å²) in [7, 11) is 0. The first-order valence-corrected chi connectivity index (χ1v) is 11.3. The number of aryl methyl sites for hydroxylation is 2. The normalized spacial score (nSPS) is 10.8. The number of nitro groups is 1. The van der Waals surface area contributed by atoms with Crippen LogP contribution in [-0.4, -0.2) is 17.4 Å². The van der Waals surface area contributed by atoms with Crippen LogP contribution < -0.4 is 15.7 Å². The van der Waals surface area contributed by atoms with Gasteiger partial charge in [-0.05, 0) is 59.4 Å². The third-order valence-corrected chi connectivity index (χ3v) is 5.74. The van der Waals surface area contributed by atoms with Gasteiger partial charge in [0.15, 0.2) is 6.61 Å². The standard InChI is InChI=1S/C27H24N2O6/c1-3-17-6-5-7-18(4-2)27(17)28-25(30)16-34-21-12-13-22-23(15-26(31)35-24(22)14-21)19-8-10-20(11-9-19)29(32)33/h5-15H,3-4,16H2,1-2H3,(H,28,30). The SMILES string of the molecule is CCc1cccc(CC)c1NC(=O)COc1ccc2c(-c3ccc([N+](=O)[O-])cc3)cc(=O)oc2c1. The fraction of sp³-hybridized carbons (Fsp3) is 0.185. The van der Waals surface area contributed by atoms with E-state index in [9.17, 15) is 19.7 Å². The number of hydrogen-bond acceptors (Lipinski definition) is 6. The molecule has 1 heterocycles. The van der Waals surface area contributed by atoms with Crippen molar-refractivity contribution < 1.29 is 18.9 Å². The van der Waals surface area contributed by atoms with Crippen LogP contribution in [0, 0.1) is 10.1 Å². The fourth-order valence-electron chi connectivity index (χ4n) is 3.96. The van der Waals surface area contributed by atoms with Crippen LogP contribution >= 0.6 is 0 Å². The van der Waals surface area contributed by atoms with Crippen LogP contribution in [0.15, 0.2) is 75.9 Å². The average Bonchev–Trinajstić information content (AvgIpc) is 2.86. The number of fused-ring (bicyclic) bond motifs is 1. The molecule has 0 radical (unpaired) electrons. The third-order valence-electron chi connectivity index (χ3n) is 5.74. The van der Waals surface area contributed by atoms with Crippen molar-refractivity contribution in [3.8, 4) is 16.9 Å². The molecule has 4 rings (SSSR count). The van der Waals surface area contributed by atoms with E-state index in [-0.39, 0.29) is 23.8 Å². The maximum Gasteiger partial charge on any atom is 0.336 e. The Hall–Kier alpha value is -4.46. The number of nitrogens with zero attached hydrogens (tertiary/aromatic N) is 1. The maximum absolute atomic E-state index is 12.6. The van der Waals surface area contributed by atoms with Crippen LogP contribution in [0.3, 0.4) is 0 Å². The highest BCUT2D eigenvalue weighted by atomic mass is 16.6. The number of anilines is 1. The van der Waals surface area contributed by atoms with Crippen molar-refractivity contribution in [3.05, 3.63) is 98.4 Å². The molecule has 0 aliphatic heterocycles. The summed E-state index contributed by atoms with van der Waals surface area (Å²) in [5.41, 5.74) is 3.85. The number of nitrogens with one attached hydrogen (secondary N) is 1. The van der Waals surface area contributed by atoms with Gasteiger partial charge in [0, 0.05) is 35.3 Å². The Kier molecular flexibility index (Phi) is 6.91. The largest absolute Gasteiger partial charge is 0.484 e. The van der Waals surface area contributed by atoms with Crippen LogP contribution in [0.2, 0.25) is 0 Å². The molecule has 1 N–H and O–H groups in total. The molecule has 8 heteroatoms. The molecule has 8 nitrogen and oxygen atoms in total. The van der Waals surface area contributed by atoms with E-state index in [1.54, 1.807) is 30.3 Å². The summed E-state index contributed by atoms with van der Waals surface area (Å²) in [5, 5.41) is 14.5. The summed E-state index contributed by atoms with van der Waals surface area (Å²) in [5.74, 6) is 0.0814. The van der Waals surface area contributed by atoms with Gasteiger partial charge in [-0.15, -0.1) is 0 Å². The van der Waals surface area contributed by atoms with Gasteiger partial charge >= 0.3 is 5.63 Å². The molecular weight excluding hydrogens is 448 g/mol. The van der Waals surface area contributed by atoms with Gasteiger partial charge in [-0.2, -0.15) is 0 Å². The van der Waals surface area contributed by atoms with Crippen LogP contribution in [0.4, 0.5) is 11.4 Å². The number of rotatable bonds is 8. The molecule has 1 amide bonds. The van der Waals surface area contributed by atoms with E-state index in [1.165, 1.54) is 18.2 Å².